The van der Waals surface area contributed by atoms with E-state index in [1.807, 2.05) is 12.1 Å². The lowest BCUT2D eigenvalue weighted by Crippen LogP contribution is -2.27. The Hall–Kier alpha value is -2.20. The van der Waals surface area contributed by atoms with Crippen molar-refractivity contribution in [3.05, 3.63) is 54.1 Å². The van der Waals surface area contributed by atoms with Crippen LogP contribution in [-0.4, -0.2) is 46.7 Å². The fourth-order valence-corrected chi connectivity index (χ4v) is 2.64. The Morgan fingerprint density at radius 3 is 2.17 bits per heavy atom. The molecule has 1 N–H and O–H groups in total. The monoisotopic (exact) mass is 313 g/mol. The van der Waals surface area contributed by atoms with E-state index in [4.69, 9.17) is 4.74 Å². The van der Waals surface area contributed by atoms with E-state index in [9.17, 15) is 0 Å². The summed E-state index contributed by atoms with van der Waals surface area (Å²) in [6.45, 7) is 0.837. The topological polar surface area (TPSA) is 27.7 Å². The first-order valence-corrected chi connectivity index (χ1v) is 7.83. The molecule has 2 rings (SSSR count). The van der Waals surface area contributed by atoms with E-state index in [0.717, 1.165) is 18.0 Å². The molecule has 0 heterocycles. The Labute approximate surface area is 139 Å². The number of rotatable bonds is 7. The maximum Gasteiger partial charge on any atom is 0.118 e. The molecule has 4 nitrogen and oxygen atoms in total. The zero-order valence-electron chi connectivity index (χ0n) is 14.7. The number of benzene rings is 2. The Morgan fingerprint density at radius 2 is 1.61 bits per heavy atom. The largest absolute Gasteiger partial charge is 0.497 e. The maximum atomic E-state index is 5.25. The normalized spacial score (nSPS) is 12.1. The fourth-order valence-electron chi connectivity index (χ4n) is 2.64. The van der Waals surface area contributed by atoms with Crippen molar-refractivity contribution in [3.8, 4) is 5.75 Å². The second-order valence-electron chi connectivity index (χ2n) is 6.05. The molecule has 0 aliphatic rings. The standard InChI is InChI=1S/C19H27N3O/c1-21(2)18-9-7-6-8-17(18)20-14-19(22(3)4)15-10-12-16(23-5)13-11-15/h6-13,19-20H,14H2,1-5H3. The number of methoxy groups -OCH3 is 1. The van der Waals surface area contributed by atoms with Gasteiger partial charge in [-0.15, -0.1) is 0 Å². The van der Waals surface area contributed by atoms with E-state index in [1.165, 1.54) is 11.3 Å². The lowest BCUT2D eigenvalue weighted by molar-refractivity contribution is 0.311. The quantitative estimate of drug-likeness (QED) is 0.847. The highest BCUT2D eigenvalue weighted by atomic mass is 16.5. The number of hydrogen-bond acceptors (Lipinski definition) is 4. The minimum absolute atomic E-state index is 0.288. The number of nitrogens with one attached hydrogen (secondary N) is 1. The van der Waals surface area contributed by atoms with Crippen LogP contribution in [-0.2, 0) is 0 Å². The molecule has 2 aromatic rings. The van der Waals surface area contributed by atoms with Gasteiger partial charge in [-0.3, -0.25) is 0 Å². The summed E-state index contributed by atoms with van der Waals surface area (Å²) in [5, 5.41) is 3.59. The van der Waals surface area contributed by atoms with Gasteiger partial charge in [0.15, 0.2) is 0 Å². The predicted molar refractivity (Wildman–Crippen MR) is 98.7 cm³/mol. The van der Waals surface area contributed by atoms with E-state index >= 15 is 0 Å². The van der Waals surface area contributed by atoms with Crippen LogP contribution in [0.2, 0.25) is 0 Å². The van der Waals surface area contributed by atoms with E-state index in [0.29, 0.717) is 0 Å². The van der Waals surface area contributed by atoms with Gasteiger partial charge in [-0.25, -0.2) is 0 Å². The molecule has 1 unspecified atom stereocenters. The van der Waals surface area contributed by atoms with Gasteiger partial charge in [-0.1, -0.05) is 24.3 Å². The van der Waals surface area contributed by atoms with Crippen molar-refractivity contribution in [2.45, 2.75) is 6.04 Å². The molecule has 0 amide bonds. The predicted octanol–water partition coefficient (Wildman–Crippen LogP) is 3.48. The van der Waals surface area contributed by atoms with Crippen molar-refractivity contribution in [3.63, 3.8) is 0 Å². The average molecular weight is 313 g/mol. The molecule has 0 spiro atoms. The molecule has 23 heavy (non-hydrogen) atoms. The van der Waals surface area contributed by atoms with E-state index in [-0.39, 0.29) is 6.04 Å². The smallest absolute Gasteiger partial charge is 0.118 e. The Balaban J connectivity index is 2.14. The molecular formula is C19H27N3O. The average Bonchev–Trinajstić information content (AvgIpc) is 2.55. The van der Waals surface area contributed by atoms with Crippen molar-refractivity contribution in [2.24, 2.45) is 0 Å². The molecule has 1 atom stereocenters. The summed E-state index contributed by atoms with van der Waals surface area (Å²) in [5.74, 6) is 0.886. The number of nitrogens with zero attached hydrogens (tertiary/aromatic N) is 2. The van der Waals surface area contributed by atoms with Gasteiger partial charge in [0.25, 0.3) is 0 Å². The summed E-state index contributed by atoms with van der Waals surface area (Å²) in [6, 6.07) is 16.9. The Bertz CT molecular complexity index is 608. The fraction of sp³-hybridized carbons (Fsp3) is 0.368. The first kappa shape index (κ1) is 17.2. The lowest BCUT2D eigenvalue weighted by atomic mass is 10.1. The minimum Gasteiger partial charge on any atom is -0.497 e. The van der Waals surface area contributed by atoms with Gasteiger partial charge in [-0.05, 0) is 43.9 Å². The van der Waals surface area contributed by atoms with Gasteiger partial charge in [0.1, 0.15) is 5.75 Å². The molecular weight excluding hydrogens is 286 g/mol. The Kier molecular flexibility index (Phi) is 5.88. The summed E-state index contributed by atoms with van der Waals surface area (Å²) >= 11 is 0. The van der Waals surface area contributed by atoms with Crippen LogP contribution in [0.3, 0.4) is 0 Å². The molecule has 0 saturated heterocycles. The maximum absolute atomic E-state index is 5.25. The van der Waals surface area contributed by atoms with Gasteiger partial charge in [-0.2, -0.15) is 0 Å². The number of hydrogen-bond donors (Lipinski definition) is 1. The summed E-state index contributed by atoms with van der Waals surface area (Å²) in [4.78, 5) is 4.35. The molecule has 0 fully saturated rings. The summed E-state index contributed by atoms with van der Waals surface area (Å²) < 4.78 is 5.25. The van der Waals surface area contributed by atoms with Crippen molar-refractivity contribution in [1.82, 2.24) is 4.90 Å². The molecule has 124 valence electrons. The molecule has 4 heteroatoms. The molecule has 0 radical (unpaired) electrons. The SMILES string of the molecule is COc1ccc(C(CNc2ccccc2N(C)C)N(C)C)cc1. The van der Waals surface area contributed by atoms with Crippen molar-refractivity contribution < 1.29 is 4.74 Å². The second-order valence-corrected chi connectivity index (χ2v) is 6.05. The van der Waals surface area contributed by atoms with Gasteiger partial charge >= 0.3 is 0 Å². The summed E-state index contributed by atoms with van der Waals surface area (Å²) in [5.41, 5.74) is 3.61. The third kappa shape index (κ3) is 4.39. The van der Waals surface area contributed by atoms with E-state index in [2.05, 4.69) is 79.7 Å². The first-order valence-electron chi connectivity index (χ1n) is 7.83. The number of anilines is 2. The van der Waals surface area contributed by atoms with Gasteiger partial charge in [0, 0.05) is 20.6 Å². The molecule has 2 aromatic carbocycles. The molecule has 0 saturated carbocycles. The van der Waals surface area contributed by atoms with Crippen LogP contribution in [0.5, 0.6) is 5.75 Å². The van der Waals surface area contributed by atoms with Gasteiger partial charge < -0.3 is 19.9 Å². The molecule has 0 aliphatic carbocycles. The van der Waals surface area contributed by atoms with E-state index < -0.39 is 0 Å². The van der Waals surface area contributed by atoms with Crippen LogP contribution >= 0.6 is 0 Å². The third-order valence-corrected chi connectivity index (χ3v) is 4.00. The summed E-state index contributed by atoms with van der Waals surface area (Å²) in [7, 11) is 10.0. The van der Waals surface area contributed by atoms with Crippen LogP contribution in [0.15, 0.2) is 48.5 Å². The van der Waals surface area contributed by atoms with Crippen LogP contribution in [0, 0.1) is 0 Å². The first-order chi connectivity index (χ1) is 11.0. The highest BCUT2D eigenvalue weighted by molar-refractivity contribution is 5.69. The minimum atomic E-state index is 0.288. The zero-order chi connectivity index (χ0) is 16.8. The van der Waals surface area contributed by atoms with Gasteiger partial charge in [0.05, 0.1) is 24.5 Å². The van der Waals surface area contributed by atoms with Crippen LogP contribution < -0.4 is 15.0 Å². The van der Waals surface area contributed by atoms with Crippen molar-refractivity contribution >= 4 is 11.4 Å². The second kappa shape index (κ2) is 7.88. The molecule has 0 bridgehead atoms. The zero-order valence-corrected chi connectivity index (χ0v) is 14.7. The summed E-state index contributed by atoms with van der Waals surface area (Å²) in [6.07, 6.45) is 0. The third-order valence-electron chi connectivity index (χ3n) is 4.00. The highest BCUT2D eigenvalue weighted by Crippen LogP contribution is 2.26. The van der Waals surface area contributed by atoms with Gasteiger partial charge in [0.2, 0.25) is 0 Å². The molecule has 0 aromatic heterocycles. The van der Waals surface area contributed by atoms with Crippen LogP contribution in [0.1, 0.15) is 11.6 Å². The molecule has 0 aliphatic heterocycles. The Morgan fingerprint density at radius 1 is 0.957 bits per heavy atom. The number of likely N-dealkylation sites (N-methyl/N-ethyl adjacent to an activating group) is 1. The van der Waals surface area contributed by atoms with Crippen molar-refractivity contribution in [1.29, 1.82) is 0 Å². The lowest BCUT2D eigenvalue weighted by Gasteiger charge is -2.27. The van der Waals surface area contributed by atoms with Crippen LogP contribution in [0.4, 0.5) is 11.4 Å². The van der Waals surface area contributed by atoms with Crippen molar-refractivity contribution in [2.75, 3.05) is 52.1 Å². The van der Waals surface area contributed by atoms with Crippen LogP contribution in [0.25, 0.3) is 0 Å². The van der Waals surface area contributed by atoms with E-state index in [1.54, 1.807) is 7.11 Å². The number of para-hydroxylation sites is 2. The number of ether oxygens (including phenoxy) is 1. The highest BCUT2D eigenvalue weighted by Gasteiger charge is 2.15.